The minimum atomic E-state index is -0.289. The van der Waals surface area contributed by atoms with E-state index in [4.69, 9.17) is 14.2 Å². The second-order valence-corrected chi connectivity index (χ2v) is 9.03. The third-order valence-electron chi connectivity index (χ3n) is 6.26. The maximum Gasteiger partial charge on any atom is 0.312 e. The molecule has 0 aliphatic carbocycles. The molecule has 33 heavy (non-hydrogen) atoms. The Bertz CT molecular complexity index is 1060. The highest BCUT2D eigenvalue weighted by molar-refractivity contribution is 6.13. The third-order valence-corrected chi connectivity index (χ3v) is 6.26. The number of carbonyl (C=O) groups is 2. The molecule has 1 unspecified atom stereocenters. The summed E-state index contributed by atoms with van der Waals surface area (Å²) in [4.78, 5) is 25.1. The lowest BCUT2D eigenvalue weighted by Crippen LogP contribution is -2.21. The Kier molecular flexibility index (Phi) is 7.17. The normalized spacial score (nSPS) is 16.7. The lowest BCUT2D eigenvalue weighted by molar-refractivity contribution is -0.135. The molecule has 0 bridgehead atoms. The Morgan fingerprint density at radius 3 is 2.39 bits per heavy atom. The number of carbonyl (C=O) groups excluding carboxylic acids is 2. The highest BCUT2D eigenvalue weighted by Crippen LogP contribution is 2.49. The van der Waals surface area contributed by atoms with Gasteiger partial charge in [-0.1, -0.05) is 51.2 Å². The fourth-order valence-electron chi connectivity index (χ4n) is 4.48. The summed E-state index contributed by atoms with van der Waals surface area (Å²) < 4.78 is 17.4. The van der Waals surface area contributed by atoms with E-state index in [1.807, 2.05) is 38.1 Å². The monoisotopic (exact) mass is 448 g/mol. The molecule has 2 aliphatic heterocycles. The van der Waals surface area contributed by atoms with Crippen LogP contribution in [0.15, 0.2) is 47.7 Å². The second kappa shape index (κ2) is 10.2. The van der Waals surface area contributed by atoms with Gasteiger partial charge in [0.1, 0.15) is 17.2 Å². The van der Waals surface area contributed by atoms with E-state index in [1.165, 1.54) is 32.1 Å². The van der Waals surface area contributed by atoms with E-state index in [9.17, 15) is 9.59 Å². The molecule has 5 heteroatoms. The van der Waals surface area contributed by atoms with E-state index in [0.29, 0.717) is 29.4 Å². The highest BCUT2D eigenvalue weighted by atomic mass is 16.5. The number of benzene rings is 2. The first-order valence-electron chi connectivity index (χ1n) is 12.0. The smallest absolute Gasteiger partial charge is 0.312 e. The Morgan fingerprint density at radius 2 is 1.67 bits per heavy atom. The zero-order valence-corrected chi connectivity index (χ0v) is 19.7. The number of rotatable bonds is 9. The standard InChI is InChI=1S/C28H32O5/c1-4-5-6-7-8-9-16-31-20-12-10-19(11-13-20)22-17-24(29)32-23-15-14-21-26(30)27(18(2)3)33-28(21)25(22)23/h10-15,22H,4-9,16-17H2,1-3H3. The summed E-state index contributed by atoms with van der Waals surface area (Å²) in [5, 5.41) is 0. The summed E-state index contributed by atoms with van der Waals surface area (Å²) in [6.45, 7) is 6.64. The van der Waals surface area contributed by atoms with Crippen LogP contribution < -0.4 is 14.2 Å². The van der Waals surface area contributed by atoms with E-state index in [-0.39, 0.29) is 24.1 Å². The minimum Gasteiger partial charge on any atom is -0.494 e. The number of ketones is 1. The van der Waals surface area contributed by atoms with E-state index < -0.39 is 0 Å². The fraction of sp³-hybridized carbons (Fsp3) is 0.429. The lowest BCUT2D eigenvalue weighted by Gasteiger charge is -2.26. The molecule has 174 valence electrons. The van der Waals surface area contributed by atoms with E-state index in [0.717, 1.165) is 28.9 Å². The van der Waals surface area contributed by atoms with Gasteiger partial charge >= 0.3 is 5.97 Å². The largest absolute Gasteiger partial charge is 0.494 e. The van der Waals surface area contributed by atoms with Gasteiger partial charge in [0.2, 0.25) is 5.78 Å². The first kappa shape index (κ1) is 23.1. The molecule has 4 rings (SSSR count). The van der Waals surface area contributed by atoms with Crippen LogP contribution in [0.25, 0.3) is 0 Å². The molecule has 1 atom stereocenters. The predicted octanol–water partition coefficient (Wildman–Crippen LogP) is 6.74. The molecular weight excluding hydrogens is 416 g/mol. The number of esters is 1. The zero-order valence-electron chi connectivity index (χ0n) is 19.7. The van der Waals surface area contributed by atoms with Crippen molar-refractivity contribution < 1.29 is 23.8 Å². The summed E-state index contributed by atoms with van der Waals surface area (Å²) in [6.07, 6.45) is 7.56. The van der Waals surface area contributed by atoms with Crippen molar-refractivity contribution in [2.75, 3.05) is 6.61 Å². The molecule has 0 aromatic heterocycles. The van der Waals surface area contributed by atoms with Crippen LogP contribution in [0.2, 0.25) is 0 Å². The first-order valence-corrected chi connectivity index (χ1v) is 12.0. The molecule has 2 aromatic carbocycles. The molecule has 0 saturated heterocycles. The number of hydrogen-bond donors (Lipinski definition) is 0. The molecule has 0 saturated carbocycles. The number of ether oxygens (including phenoxy) is 3. The van der Waals surface area contributed by atoms with E-state index in [2.05, 4.69) is 6.92 Å². The average Bonchev–Trinajstić information content (AvgIpc) is 3.15. The topological polar surface area (TPSA) is 61.8 Å². The van der Waals surface area contributed by atoms with Crippen LogP contribution in [0.3, 0.4) is 0 Å². The Hall–Kier alpha value is -3.08. The molecule has 5 nitrogen and oxygen atoms in total. The van der Waals surface area contributed by atoms with Crippen LogP contribution in [0, 0.1) is 0 Å². The maximum absolute atomic E-state index is 12.8. The molecule has 0 spiro atoms. The number of hydrogen-bond acceptors (Lipinski definition) is 5. The van der Waals surface area contributed by atoms with Gasteiger partial charge in [-0.25, -0.2) is 0 Å². The Morgan fingerprint density at radius 1 is 0.939 bits per heavy atom. The molecular formula is C28H32O5. The Balaban J connectivity index is 1.50. The number of unbranched alkanes of at least 4 members (excludes halogenated alkanes) is 5. The predicted molar refractivity (Wildman–Crippen MR) is 127 cm³/mol. The van der Waals surface area contributed by atoms with Crippen molar-refractivity contribution in [1.29, 1.82) is 0 Å². The fourth-order valence-corrected chi connectivity index (χ4v) is 4.48. The first-order chi connectivity index (χ1) is 16.0. The van der Waals surface area contributed by atoms with Crippen LogP contribution in [0.5, 0.6) is 17.2 Å². The van der Waals surface area contributed by atoms with E-state index in [1.54, 1.807) is 12.1 Å². The molecule has 0 N–H and O–H groups in total. The van der Waals surface area contributed by atoms with Gasteiger partial charge in [-0.05, 0) is 55.7 Å². The van der Waals surface area contributed by atoms with Crippen molar-refractivity contribution in [2.45, 2.75) is 71.6 Å². The summed E-state index contributed by atoms with van der Waals surface area (Å²) in [7, 11) is 0. The summed E-state index contributed by atoms with van der Waals surface area (Å²) in [5.41, 5.74) is 3.07. The van der Waals surface area contributed by atoms with Crippen molar-refractivity contribution in [3.05, 3.63) is 64.4 Å². The van der Waals surface area contributed by atoms with Crippen molar-refractivity contribution in [3.8, 4) is 17.2 Å². The second-order valence-electron chi connectivity index (χ2n) is 9.03. The van der Waals surface area contributed by atoms with Crippen LogP contribution in [0.1, 0.15) is 93.1 Å². The molecule has 0 fully saturated rings. The SMILES string of the molecule is CCCCCCCCOc1ccc(C2CC(=O)Oc3ccc4c(c32)OC(=C(C)C)C4=O)cc1. The molecule has 2 aliphatic rings. The lowest BCUT2D eigenvalue weighted by atomic mass is 9.84. The summed E-state index contributed by atoms with van der Waals surface area (Å²) >= 11 is 0. The minimum absolute atomic E-state index is 0.123. The molecule has 0 amide bonds. The number of Topliss-reactive ketones (excluding diaryl/α,β-unsaturated/α-hetero) is 1. The van der Waals surface area contributed by atoms with Crippen molar-refractivity contribution >= 4 is 11.8 Å². The van der Waals surface area contributed by atoms with Crippen molar-refractivity contribution in [2.24, 2.45) is 0 Å². The average molecular weight is 449 g/mol. The van der Waals surface area contributed by atoms with Gasteiger partial charge in [0.15, 0.2) is 5.76 Å². The van der Waals surface area contributed by atoms with Gasteiger partial charge in [0.05, 0.1) is 18.6 Å². The van der Waals surface area contributed by atoms with Gasteiger partial charge in [-0.3, -0.25) is 9.59 Å². The van der Waals surface area contributed by atoms with Crippen molar-refractivity contribution in [3.63, 3.8) is 0 Å². The number of fused-ring (bicyclic) bond motifs is 3. The number of allylic oxidation sites excluding steroid dienone is 2. The van der Waals surface area contributed by atoms with Gasteiger partial charge in [0, 0.05) is 11.5 Å². The zero-order chi connectivity index (χ0) is 23.4. The molecule has 2 aromatic rings. The molecule has 0 radical (unpaired) electrons. The van der Waals surface area contributed by atoms with Gasteiger partial charge in [0.25, 0.3) is 0 Å². The van der Waals surface area contributed by atoms with Crippen molar-refractivity contribution in [1.82, 2.24) is 0 Å². The maximum atomic E-state index is 12.8. The highest BCUT2D eigenvalue weighted by Gasteiger charge is 2.38. The third kappa shape index (κ3) is 4.97. The summed E-state index contributed by atoms with van der Waals surface area (Å²) in [6, 6.07) is 11.3. The van der Waals surface area contributed by atoms with Crippen LogP contribution in [0.4, 0.5) is 0 Å². The molecule has 2 heterocycles. The van der Waals surface area contributed by atoms with Gasteiger partial charge in [-0.2, -0.15) is 0 Å². The quantitative estimate of drug-likeness (QED) is 0.184. The van der Waals surface area contributed by atoms with Gasteiger partial charge in [-0.15, -0.1) is 0 Å². The summed E-state index contributed by atoms with van der Waals surface area (Å²) in [5.74, 6) is 1.49. The van der Waals surface area contributed by atoms with Crippen LogP contribution in [-0.4, -0.2) is 18.4 Å². The van der Waals surface area contributed by atoms with E-state index >= 15 is 0 Å². The Labute approximate surface area is 195 Å². The van der Waals surface area contributed by atoms with Crippen LogP contribution in [-0.2, 0) is 4.79 Å². The van der Waals surface area contributed by atoms with Gasteiger partial charge < -0.3 is 14.2 Å². The van der Waals surface area contributed by atoms with Crippen LogP contribution >= 0.6 is 0 Å².